The maximum absolute atomic E-state index is 11.8. The van der Waals surface area contributed by atoms with Crippen molar-refractivity contribution in [2.75, 3.05) is 0 Å². The lowest BCUT2D eigenvalue weighted by molar-refractivity contribution is -0.139. The molecule has 0 aliphatic carbocycles. The Bertz CT molecular complexity index is 687. The summed E-state index contributed by atoms with van der Waals surface area (Å²) >= 11 is 3.30. The highest BCUT2D eigenvalue weighted by atomic mass is 79.9. The second-order valence-electron chi connectivity index (χ2n) is 4.90. The zero-order chi connectivity index (χ0) is 16.8. The first-order valence-electron chi connectivity index (χ1n) is 6.83. The maximum Gasteiger partial charge on any atom is 0.408 e. The van der Waals surface area contributed by atoms with Crippen molar-refractivity contribution in [2.45, 2.75) is 19.1 Å². The Hall–Kier alpha value is -2.35. The second kappa shape index (κ2) is 7.77. The van der Waals surface area contributed by atoms with Gasteiger partial charge in [0.2, 0.25) is 0 Å². The second-order valence-corrected chi connectivity index (χ2v) is 5.75. The van der Waals surface area contributed by atoms with E-state index in [1.54, 1.807) is 17.9 Å². The molecule has 0 saturated carbocycles. The zero-order valence-electron chi connectivity index (χ0n) is 12.4. The number of carbonyl (C=O) groups excluding carboxylic acids is 1. The van der Waals surface area contributed by atoms with Crippen LogP contribution in [0.4, 0.5) is 4.79 Å². The van der Waals surface area contributed by atoms with Gasteiger partial charge in [-0.05, 0) is 21.5 Å². The molecule has 1 aromatic heterocycles. The lowest BCUT2D eigenvalue weighted by Crippen LogP contribution is -2.42. The molecule has 0 spiro atoms. The average molecular weight is 382 g/mol. The Morgan fingerprint density at radius 1 is 1.39 bits per heavy atom. The van der Waals surface area contributed by atoms with Crippen molar-refractivity contribution in [3.05, 3.63) is 52.3 Å². The predicted octanol–water partition coefficient (Wildman–Crippen LogP) is 2.10. The molecule has 0 radical (unpaired) electrons. The van der Waals surface area contributed by atoms with E-state index in [9.17, 15) is 14.7 Å². The van der Waals surface area contributed by atoms with Gasteiger partial charge in [0.05, 0.1) is 10.2 Å². The van der Waals surface area contributed by atoms with Gasteiger partial charge in [-0.2, -0.15) is 5.10 Å². The molecule has 122 valence electrons. The molecule has 0 bridgehead atoms. The molecule has 1 heterocycles. The number of nitrogens with zero attached hydrogens (tertiary/aromatic N) is 2. The van der Waals surface area contributed by atoms with Gasteiger partial charge in [-0.1, -0.05) is 30.3 Å². The summed E-state index contributed by atoms with van der Waals surface area (Å²) in [5.74, 6) is -1.15. The third kappa shape index (κ3) is 5.10. The lowest BCUT2D eigenvalue weighted by Gasteiger charge is -2.14. The highest BCUT2D eigenvalue weighted by Crippen LogP contribution is 2.16. The van der Waals surface area contributed by atoms with Crippen LogP contribution < -0.4 is 5.32 Å². The van der Waals surface area contributed by atoms with Crippen molar-refractivity contribution in [1.82, 2.24) is 15.1 Å². The van der Waals surface area contributed by atoms with Crippen LogP contribution in [-0.4, -0.2) is 33.0 Å². The minimum absolute atomic E-state index is 0.0528. The standard InChI is InChI=1S/C15H16BrN3O4/c1-19-8-11(16)12(18-19)7-13(14(20)21)17-15(22)23-9-10-5-3-2-4-6-10/h2-6,8,13H,7,9H2,1H3,(H,17,22)(H,20,21). The van der Waals surface area contributed by atoms with Crippen LogP contribution in [0.2, 0.25) is 0 Å². The van der Waals surface area contributed by atoms with Crippen molar-refractivity contribution in [3.8, 4) is 0 Å². The summed E-state index contributed by atoms with van der Waals surface area (Å²) in [7, 11) is 1.73. The molecule has 0 saturated heterocycles. The van der Waals surface area contributed by atoms with Crippen LogP contribution in [0.3, 0.4) is 0 Å². The van der Waals surface area contributed by atoms with Crippen LogP contribution in [0, 0.1) is 0 Å². The van der Waals surface area contributed by atoms with Crippen LogP contribution in [-0.2, 0) is 29.6 Å². The molecule has 2 N–H and O–H groups in total. The monoisotopic (exact) mass is 381 g/mol. The third-order valence-corrected chi connectivity index (χ3v) is 3.72. The number of alkyl carbamates (subject to hydrolysis) is 1. The predicted molar refractivity (Wildman–Crippen MR) is 85.8 cm³/mol. The first-order chi connectivity index (χ1) is 11.0. The number of rotatable bonds is 6. The van der Waals surface area contributed by atoms with E-state index in [0.717, 1.165) is 5.56 Å². The number of amides is 1. The molecule has 7 nitrogen and oxygen atoms in total. The summed E-state index contributed by atoms with van der Waals surface area (Å²) in [6.45, 7) is 0.0757. The fourth-order valence-corrected chi connectivity index (χ4v) is 2.48. The number of nitrogens with one attached hydrogen (secondary N) is 1. The number of halogens is 1. The van der Waals surface area contributed by atoms with Crippen LogP contribution in [0.5, 0.6) is 0 Å². The normalized spacial score (nSPS) is 11.7. The number of carbonyl (C=O) groups is 2. The van der Waals surface area contributed by atoms with Gasteiger partial charge >= 0.3 is 12.1 Å². The fourth-order valence-electron chi connectivity index (χ4n) is 1.94. The van der Waals surface area contributed by atoms with Crippen LogP contribution >= 0.6 is 15.9 Å². The van der Waals surface area contributed by atoms with Gasteiger partial charge in [0.15, 0.2) is 0 Å². The van der Waals surface area contributed by atoms with Gasteiger partial charge in [-0.25, -0.2) is 9.59 Å². The first kappa shape index (κ1) is 17.0. The van der Waals surface area contributed by atoms with E-state index in [1.165, 1.54) is 0 Å². The molecule has 1 amide bonds. The number of hydrogen-bond acceptors (Lipinski definition) is 4. The van der Waals surface area contributed by atoms with Gasteiger partial charge in [-0.15, -0.1) is 0 Å². The van der Waals surface area contributed by atoms with Gasteiger partial charge < -0.3 is 15.2 Å². The summed E-state index contributed by atoms with van der Waals surface area (Å²) in [5.41, 5.74) is 1.37. The first-order valence-corrected chi connectivity index (χ1v) is 7.63. The molecule has 0 aliphatic rings. The number of hydrogen-bond donors (Lipinski definition) is 2. The third-order valence-electron chi connectivity index (χ3n) is 3.05. The Kier molecular flexibility index (Phi) is 5.75. The molecule has 1 aromatic carbocycles. The molecule has 0 aliphatic heterocycles. The number of carboxylic acids is 1. The molecule has 23 heavy (non-hydrogen) atoms. The summed E-state index contributed by atoms with van der Waals surface area (Å²) < 4.78 is 7.28. The van der Waals surface area contributed by atoms with Crippen molar-refractivity contribution in [2.24, 2.45) is 7.05 Å². The van der Waals surface area contributed by atoms with Gasteiger partial charge in [0.25, 0.3) is 0 Å². The van der Waals surface area contributed by atoms with Crippen molar-refractivity contribution >= 4 is 28.0 Å². The largest absolute Gasteiger partial charge is 0.480 e. The Morgan fingerprint density at radius 3 is 2.65 bits per heavy atom. The number of carboxylic acid groups (broad SMARTS) is 1. The van der Waals surface area contributed by atoms with E-state index < -0.39 is 18.1 Å². The molecule has 1 unspecified atom stereocenters. The Labute approximate surface area is 141 Å². The fraction of sp³-hybridized carbons (Fsp3) is 0.267. The van der Waals surface area contributed by atoms with Crippen molar-refractivity contribution < 1.29 is 19.4 Å². The molecular weight excluding hydrogens is 366 g/mol. The average Bonchev–Trinajstić information content (AvgIpc) is 2.83. The molecule has 8 heteroatoms. The van der Waals surface area contributed by atoms with E-state index in [-0.39, 0.29) is 13.0 Å². The van der Waals surface area contributed by atoms with E-state index >= 15 is 0 Å². The quantitative estimate of drug-likeness (QED) is 0.798. The Morgan fingerprint density at radius 2 is 2.09 bits per heavy atom. The number of benzene rings is 1. The molecule has 2 aromatic rings. The summed E-state index contributed by atoms with van der Waals surface area (Å²) in [6.07, 6.45) is 0.979. The molecule has 1 atom stereocenters. The van der Waals surface area contributed by atoms with E-state index in [1.807, 2.05) is 30.3 Å². The highest BCUT2D eigenvalue weighted by Gasteiger charge is 2.23. The molecule has 2 rings (SSSR count). The SMILES string of the molecule is Cn1cc(Br)c(CC(NC(=O)OCc2ccccc2)C(=O)O)n1. The topological polar surface area (TPSA) is 93.5 Å². The number of aryl methyl sites for hydroxylation is 1. The summed E-state index contributed by atoms with van der Waals surface area (Å²) in [6, 6.07) is 8.02. The smallest absolute Gasteiger partial charge is 0.408 e. The highest BCUT2D eigenvalue weighted by molar-refractivity contribution is 9.10. The number of aromatic nitrogens is 2. The van der Waals surface area contributed by atoms with E-state index in [0.29, 0.717) is 10.2 Å². The molecular formula is C15H16BrN3O4. The maximum atomic E-state index is 11.8. The van der Waals surface area contributed by atoms with Crippen LogP contribution in [0.25, 0.3) is 0 Å². The minimum Gasteiger partial charge on any atom is -0.480 e. The van der Waals surface area contributed by atoms with Gasteiger partial charge in [0, 0.05) is 19.7 Å². The van der Waals surface area contributed by atoms with Gasteiger partial charge in [0.1, 0.15) is 12.6 Å². The minimum atomic E-state index is -1.15. The van der Waals surface area contributed by atoms with Crippen LogP contribution in [0.1, 0.15) is 11.3 Å². The molecule has 0 fully saturated rings. The van der Waals surface area contributed by atoms with Crippen molar-refractivity contribution in [3.63, 3.8) is 0 Å². The van der Waals surface area contributed by atoms with Gasteiger partial charge in [-0.3, -0.25) is 4.68 Å². The number of aliphatic carboxylic acids is 1. The van der Waals surface area contributed by atoms with Crippen molar-refractivity contribution in [1.29, 1.82) is 0 Å². The Balaban J connectivity index is 1.92. The number of ether oxygens (including phenoxy) is 1. The van der Waals surface area contributed by atoms with E-state index in [4.69, 9.17) is 4.74 Å². The summed E-state index contributed by atoms with van der Waals surface area (Å²) in [4.78, 5) is 23.1. The summed E-state index contributed by atoms with van der Waals surface area (Å²) in [5, 5.41) is 15.7. The lowest BCUT2D eigenvalue weighted by atomic mass is 10.1. The zero-order valence-corrected chi connectivity index (χ0v) is 14.0. The van der Waals surface area contributed by atoms with E-state index in [2.05, 4.69) is 26.3 Å². The van der Waals surface area contributed by atoms with Crippen LogP contribution in [0.15, 0.2) is 41.0 Å².